The van der Waals surface area contributed by atoms with Crippen molar-refractivity contribution in [1.82, 2.24) is 29.7 Å². The number of carbonyl (C=O) groups is 1. The molecule has 122 valence electrons. The fourth-order valence-electron chi connectivity index (χ4n) is 2.71. The zero-order valence-corrected chi connectivity index (χ0v) is 13.1. The maximum absolute atomic E-state index is 12.3. The van der Waals surface area contributed by atoms with E-state index in [1.807, 2.05) is 10.9 Å². The van der Waals surface area contributed by atoms with E-state index in [1.54, 1.807) is 28.9 Å². The van der Waals surface area contributed by atoms with Gasteiger partial charge in [-0.3, -0.25) is 9.48 Å². The number of likely N-dealkylation sites (tertiary alicyclic amines) is 1. The highest BCUT2D eigenvalue weighted by atomic mass is 16.5. The van der Waals surface area contributed by atoms with E-state index in [0.717, 1.165) is 18.2 Å². The zero-order chi connectivity index (χ0) is 15.8. The van der Waals surface area contributed by atoms with Crippen LogP contribution in [0.4, 0.5) is 0 Å². The van der Waals surface area contributed by atoms with Crippen LogP contribution < -0.4 is 0 Å². The first kappa shape index (κ1) is 14.4. The average Bonchev–Trinajstić information content (AvgIpc) is 3.02. The van der Waals surface area contributed by atoms with Crippen molar-refractivity contribution in [2.75, 3.05) is 19.7 Å². The van der Waals surface area contributed by atoms with Gasteiger partial charge in [0.1, 0.15) is 11.4 Å². The number of ether oxygens (including phenoxy) is 1. The van der Waals surface area contributed by atoms with E-state index in [1.165, 1.54) is 12.8 Å². The Morgan fingerprint density at radius 3 is 2.91 bits per heavy atom. The number of rotatable bonds is 6. The van der Waals surface area contributed by atoms with Crippen molar-refractivity contribution in [2.45, 2.75) is 25.5 Å². The Labute approximate surface area is 134 Å². The van der Waals surface area contributed by atoms with Crippen LogP contribution in [0.3, 0.4) is 0 Å². The smallest absolute Gasteiger partial charge is 0.272 e. The highest BCUT2D eigenvalue weighted by Crippen LogP contribution is 2.29. The Morgan fingerprint density at radius 1 is 1.39 bits per heavy atom. The second-order valence-electron chi connectivity index (χ2n) is 6.35. The van der Waals surface area contributed by atoms with Crippen molar-refractivity contribution >= 4 is 5.91 Å². The Morgan fingerprint density at radius 2 is 2.22 bits per heavy atom. The van der Waals surface area contributed by atoms with Crippen LogP contribution in [0, 0.1) is 5.92 Å². The van der Waals surface area contributed by atoms with Crippen LogP contribution >= 0.6 is 0 Å². The van der Waals surface area contributed by atoms with Gasteiger partial charge in [0.15, 0.2) is 0 Å². The molecule has 0 aromatic carbocycles. The van der Waals surface area contributed by atoms with Crippen molar-refractivity contribution in [3.63, 3.8) is 0 Å². The third-order valence-corrected chi connectivity index (χ3v) is 4.42. The van der Waals surface area contributed by atoms with Crippen molar-refractivity contribution in [3.8, 4) is 0 Å². The topological polar surface area (TPSA) is 78.1 Å². The molecular formula is C15H20N6O2. The summed E-state index contributed by atoms with van der Waals surface area (Å²) in [6.07, 6.45) is 6.13. The SMILES string of the molecule is Cn1nccc1C(=O)N1CC(n2cc(COCC3CC3)nn2)C1. The standard InChI is InChI=1S/C15H20N6O2/c1-19-14(4-5-16-19)15(22)20-7-13(8-20)21-6-12(17-18-21)10-23-9-11-2-3-11/h4-6,11,13H,2-3,7-10H2,1H3. The predicted octanol–water partition coefficient (Wildman–Crippen LogP) is 0.635. The molecule has 0 atom stereocenters. The summed E-state index contributed by atoms with van der Waals surface area (Å²) in [5, 5.41) is 12.3. The van der Waals surface area contributed by atoms with Crippen molar-refractivity contribution in [3.05, 3.63) is 29.8 Å². The number of hydrogen-bond donors (Lipinski definition) is 0. The van der Waals surface area contributed by atoms with Gasteiger partial charge < -0.3 is 9.64 Å². The van der Waals surface area contributed by atoms with Crippen LogP contribution in [0.5, 0.6) is 0 Å². The molecule has 0 N–H and O–H groups in total. The van der Waals surface area contributed by atoms with E-state index in [-0.39, 0.29) is 11.9 Å². The molecular weight excluding hydrogens is 296 g/mol. The minimum Gasteiger partial charge on any atom is -0.375 e. The van der Waals surface area contributed by atoms with Gasteiger partial charge >= 0.3 is 0 Å². The molecule has 1 aliphatic heterocycles. The molecule has 8 heteroatoms. The number of aromatic nitrogens is 5. The summed E-state index contributed by atoms with van der Waals surface area (Å²) in [5.41, 5.74) is 1.46. The molecule has 2 aliphatic rings. The van der Waals surface area contributed by atoms with Gasteiger partial charge in [-0.1, -0.05) is 5.21 Å². The molecule has 0 bridgehead atoms. The van der Waals surface area contributed by atoms with Crippen LogP contribution in [0.1, 0.15) is 35.1 Å². The van der Waals surface area contributed by atoms with E-state index in [0.29, 0.717) is 25.4 Å². The summed E-state index contributed by atoms with van der Waals surface area (Å²) in [4.78, 5) is 14.1. The normalized spacial score (nSPS) is 18.2. The molecule has 3 heterocycles. The minimum absolute atomic E-state index is 0.00866. The summed E-state index contributed by atoms with van der Waals surface area (Å²) in [6.45, 7) is 2.63. The molecule has 4 rings (SSSR count). The summed E-state index contributed by atoms with van der Waals surface area (Å²) < 4.78 is 9.05. The summed E-state index contributed by atoms with van der Waals surface area (Å²) in [7, 11) is 1.77. The van der Waals surface area contributed by atoms with Gasteiger partial charge in [-0.05, 0) is 24.8 Å². The third-order valence-electron chi connectivity index (χ3n) is 4.42. The maximum atomic E-state index is 12.3. The molecule has 0 unspecified atom stereocenters. The van der Waals surface area contributed by atoms with Gasteiger partial charge in [0.25, 0.3) is 5.91 Å². The van der Waals surface area contributed by atoms with Crippen LogP contribution in [0.15, 0.2) is 18.5 Å². The first-order valence-corrected chi connectivity index (χ1v) is 7.96. The second-order valence-corrected chi connectivity index (χ2v) is 6.35. The molecule has 2 aromatic rings. The van der Waals surface area contributed by atoms with Gasteiger partial charge in [-0.2, -0.15) is 5.10 Å². The van der Waals surface area contributed by atoms with E-state index in [9.17, 15) is 4.79 Å². The molecule has 8 nitrogen and oxygen atoms in total. The largest absolute Gasteiger partial charge is 0.375 e. The molecule has 23 heavy (non-hydrogen) atoms. The van der Waals surface area contributed by atoms with Crippen molar-refractivity contribution in [1.29, 1.82) is 0 Å². The Hall–Kier alpha value is -2.22. The number of aryl methyl sites for hydroxylation is 1. The van der Waals surface area contributed by atoms with Gasteiger partial charge in [-0.25, -0.2) is 4.68 Å². The first-order valence-electron chi connectivity index (χ1n) is 7.96. The summed E-state index contributed by atoms with van der Waals surface area (Å²) >= 11 is 0. The third kappa shape index (κ3) is 2.98. The maximum Gasteiger partial charge on any atom is 0.272 e. The van der Waals surface area contributed by atoms with Crippen molar-refractivity contribution in [2.24, 2.45) is 13.0 Å². The fraction of sp³-hybridized carbons (Fsp3) is 0.600. The van der Waals surface area contributed by atoms with Gasteiger partial charge in [0, 0.05) is 32.9 Å². The van der Waals surface area contributed by atoms with Gasteiger partial charge in [0.2, 0.25) is 0 Å². The number of hydrogen-bond acceptors (Lipinski definition) is 5. The lowest BCUT2D eigenvalue weighted by Gasteiger charge is -2.38. The van der Waals surface area contributed by atoms with Crippen LogP contribution in [-0.2, 0) is 18.4 Å². The average molecular weight is 316 g/mol. The lowest BCUT2D eigenvalue weighted by atomic mass is 10.1. The van der Waals surface area contributed by atoms with E-state index in [2.05, 4.69) is 15.4 Å². The monoisotopic (exact) mass is 316 g/mol. The summed E-state index contributed by atoms with van der Waals surface area (Å²) in [5.74, 6) is 0.762. The molecule has 1 saturated heterocycles. The molecule has 1 saturated carbocycles. The Balaban J connectivity index is 1.28. The number of carbonyl (C=O) groups excluding carboxylic acids is 1. The minimum atomic E-state index is 0.00866. The Kier molecular flexibility index (Phi) is 3.60. The first-order chi connectivity index (χ1) is 11.2. The highest BCUT2D eigenvalue weighted by Gasteiger charge is 2.34. The fourth-order valence-corrected chi connectivity index (χ4v) is 2.71. The van der Waals surface area contributed by atoms with Gasteiger partial charge in [0.05, 0.1) is 18.8 Å². The zero-order valence-electron chi connectivity index (χ0n) is 13.1. The molecule has 1 amide bonds. The predicted molar refractivity (Wildman–Crippen MR) is 80.6 cm³/mol. The molecule has 2 fully saturated rings. The number of nitrogens with zero attached hydrogens (tertiary/aromatic N) is 6. The van der Waals surface area contributed by atoms with Crippen molar-refractivity contribution < 1.29 is 9.53 Å². The molecule has 0 radical (unpaired) electrons. The van der Waals surface area contributed by atoms with Crippen LogP contribution in [0.25, 0.3) is 0 Å². The number of amides is 1. The quantitative estimate of drug-likeness (QED) is 0.781. The molecule has 1 aliphatic carbocycles. The van der Waals surface area contributed by atoms with Crippen LogP contribution in [-0.4, -0.2) is 55.3 Å². The van der Waals surface area contributed by atoms with E-state index in [4.69, 9.17) is 4.74 Å². The van der Waals surface area contributed by atoms with Gasteiger partial charge in [-0.15, -0.1) is 5.10 Å². The Bertz CT molecular complexity index is 698. The molecule has 0 spiro atoms. The highest BCUT2D eigenvalue weighted by molar-refractivity contribution is 5.93. The lowest BCUT2D eigenvalue weighted by molar-refractivity contribution is 0.0487. The van der Waals surface area contributed by atoms with Crippen LogP contribution in [0.2, 0.25) is 0 Å². The van der Waals surface area contributed by atoms with E-state index >= 15 is 0 Å². The van der Waals surface area contributed by atoms with E-state index < -0.39 is 0 Å². The molecule has 2 aromatic heterocycles. The second kappa shape index (κ2) is 5.77. The summed E-state index contributed by atoms with van der Waals surface area (Å²) in [6, 6.07) is 1.93. The lowest BCUT2D eigenvalue weighted by Crippen LogP contribution is -2.51.